The predicted molar refractivity (Wildman–Crippen MR) is 161 cm³/mol. The first kappa shape index (κ1) is 32.4. The van der Waals surface area contributed by atoms with Gasteiger partial charge in [-0.3, -0.25) is 14.5 Å². The molecule has 39 heavy (non-hydrogen) atoms. The number of aliphatic carboxylic acids is 1. The maximum absolute atomic E-state index is 13.3. The summed E-state index contributed by atoms with van der Waals surface area (Å²) in [6.07, 6.45) is 6.38. The van der Waals surface area contributed by atoms with Gasteiger partial charge in [-0.2, -0.15) is 11.8 Å². The number of carboxylic acids is 1. The molecule has 2 N–H and O–H groups in total. The summed E-state index contributed by atoms with van der Waals surface area (Å²) in [6.45, 7) is 8.72. The van der Waals surface area contributed by atoms with Gasteiger partial charge in [0.2, 0.25) is 5.91 Å². The van der Waals surface area contributed by atoms with Gasteiger partial charge < -0.3 is 15.3 Å². The number of thioether (sulfide) groups is 1. The van der Waals surface area contributed by atoms with Crippen molar-refractivity contribution in [2.75, 3.05) is 38.7 Å². The number of carbonyl (C=O) groups excluding carboxylic acids is 2. The van der Waals surface area contributed by atoms with E-state index in [2.05, 4.69) is 19.2 Å². The molecule has 0 aromatic heterocycles. The molecule has 0 aliphatic carbocycles. The van der Waals surface area contributed by atoms with Gasteiger partial charge in [-0.15, -0.1) is 0 Å². The number of aryl methyl sites for hydroxylation is 1. The minimum absolute atomic E-state index is 0.138. The maximum atomic E-state index is 13.3. The van der Waals surface area contributed by atoms with E-state index in [0.29, 0.717) is 30.8 Å². The summed E-state index contributed by atoms with van der Waals surface area (Å²) in [7, 11) is 1.94. The number of rotatable bonds is 17. The van der Waals surface area contributed by atoms with Crippen LogP contribution in [0, 0.1) is 6.92 Å². The van der Waals surface area contributed by atoms with E-state index in [1.807, 2.05) is 66.4 Å². The first-order valence-corrected chi connectivity index (χ1v) is 15.3. The summed E-state index contributed by atoms with van der Waals surface area (Å²) in [5, 5.41) is 12.3. The topological polar surface area (TPSA) is 90.0 Å². The molecule has 2 aromatic carbocycles. The lowest BCUT2D eigenvalue weighted by atomic mass is 9.93. The molecule has 7 nitrogen and oxygen atoms in total. The zero-order valence-corrected chi connectivity index (χ0v) is 25.0. The minimum atomic E-state index is -1.04. The van der Waals surface area contributed by atoms with Gasteiger partial charge in [0, 0.05) is 25.2 Å². The normalized spacial score (nSPS) is 11.8. The standard InChI is InChI=1S/C31H45N3O4S/c1-6-8-17-34(18-9-7-2)29(35)22-33(4)21-24-14-15-26(27(20-24)25-13-11-10-12-23(25)3)30(36)32-28(31(37)38)16-19-39-5/h10-15,20,28H,6-9,16-19,21-22H2,1-5H3,(H,32,36)(H,37,38)/t28-/m0/s1. The quantitative estimate of drug-likeness (QED) is 0.270. The molecular weight excluding hydrogens is 510 g/mol. The van der Waals surface area contributed by atoms with E-state index >= 15 is 0 Å². The fourth-order valence-electron chi connectivity index (χ4n) is 4.47. The van der Waals surface area contributed by atoms with Gasteiger partial charge in [-0.05, 0) is 79.6 Å². The van der Waals surface area contributed by atoms with Crippen LogP contribution in [0.3, 0.4) is 0 Å². The van der Waals surface area contributed by atoms with E-state index in [-0.39, 0.29) is 5.91 Å². The third-order valence-corrected chi connectivity index (χ3v) is 7.40. The van der Waals surface area contributed by atoms with Crippen molar-refractivity contribution in [2.24, 2.45) is 0 Å². The molecule has 0 spiro atoms. The van der Waals surface area contributed by atoms with Crippen LogP contribution in [0.15, 0.2) is 42.5 Å². The predicted octanol–water partition coefficient (Wildman–Crippen LogP) is 5.46. The third-order valence-electron chi connectivity index (χ3n) is 6.75. The SMILES string of the molecule is CCCCN(CCCC)C(=O)CN(C)Cc1ccc(C(=O)N[C@@H](CCSC)C(=O)O)c(-c2ccccc2C)c1. The zero-order valence-electron chi connectivity index (χ0n) is 24.2. The van der Waals surface area contributed by atoms with E-state index in [4.69, 9.17) is 0 Å². The number of nitrogens with one attached hydrogen (secondary N) is 1. The number of carbonyl (C=O) groups is 3. The van der Waals surface area contributed by atoms with Gasteiger partial charge in [0.25, 0.3) is 5.91 Å². The molecule has 214 valence electrons. The number of unbranched alkanes of at least 4 members (excludes halogenated alkanes) is 2. The highest BCUT2D eigenvalue weighted by atomic mass is 32.2. The Labute approximate surface area is 238 Å². The second-order valence-corrected chi connectivity index (χ2v) is 11.1. The fraction of sp³-hybridized carbons (Fsp3) is 0.516. The van der Waals surface area contributed by atoms with Gasteiger partial charge in [0.1, 0.15) is 6.04 Å². The highest BCUT2D eigenvalue weighted by Crippen LogP contribution is 2.29. The number of nitrogens with zero attached hydrogens (tertiary/aromatic N) is 2. The number of hydrogen-bond donors (Lipinski definition) is 2. The van der Waals surface area contributed by atoms with Crippen LogP contribution in [0.2, 0.25) is 0 Å². The number of carboxylic acid groups (broad SMARTS) is 1. The van der Waals surface area contributed by atoms with Gasteiger partial charge >= 0.3 is 5.97 Å². The first-order valence-electron chi connectivity index (χ1n) is 13.9. The van der Waals surface area contributed by atoms with Gasteiger partial charge in [-0.1, -0.05) is 57.0 Å². The number of benzene rings is 2. The zero-order chi connectivity index (χ0) is 28.8. The third kappa shape index (κ3) is 10.3. The Bertz CT molecular complexity index is 1080. The van der Waals surface area contributed by atoms with Crippen LogP contribution < -0.4 is 5.32 Å². The smallest absolute Gasteiger partial charge is 0.326 e. The van der Waals surface area contributed by atoms with Gasteiger partial charge in [0.15, 0.2) is 0 Å². The largest absolute Gasteiger partial charge is 0.480 e. The second-order valence-electron chi connectivity index (χ2n) is 10.1. The van der Waals surface area contributed by atoms with Crippen molar-refractivity contribution < 1.29 is 19.5 Å². The van der Waals surface area contributed by atoms with Gasteiger partial charge in [0.05, 0.1) is 6.54 Å². The lowest BCUT2D eigenvalue weighted by Crippen LogP contribution is -2.41. The average Bonchev–Trinajstić information content (AvgIpc) is 2.90. The molecule has 0 saturated carbocycles. The van der Waals surface area contributed by atoms with Crippen molar-refractivity contribution in [3.8, 4) is 11.1 Å². The number of amides is 2. The molecule has 1 atom stereocenters. The van der Waals surface area contributed by atoms with Crippen LogP contribution in [0.5, 0.6) is 0 Å². The monoisotopic (exact) mass is 555 g/mol. The first-order chi connectivity index (χ1) is 18.7. The summed E-state index contributed by atoms with van der Waals surface area (Å²) in [5.41, 5.74) is 4.11. The molecule has 2 rings (SSSR count). The summed E-state index contributed by atoms with van der Waals surface area (Å²) in [6, 6.07) is 12.5. The fourth-order valence-corrected chi connectivity index (χ4v) is 4.94. The highest BCUT2D eigenvalue weighted by Gasteiger charge is 2.23. The van der Waals surface area contributed by atoms with E-state index in [1.54, 1.807) is 17.8 Å². The van der Waals surface area contributed by atoms with Crippen molar-refractivity contribution >= 4 is 29.5 Å². The summed E-state index contributed by atoms with van der Waals surface area (Å²) in [5.74, 6) is -0.663. The highest BCUT2D eigenvalue weighted by molar-refractivity contribution is 7.98. The Hall–Kier alpha value is -2.84. The molecule has 0 aliphatic heterocycles. The Morgan fingerprint density at radius 3 is 2.26 bits per heavy atom. The van der Waals surface area contributed by atoms with Gasteiger partial charge in [-0.25, -0.2) is 4.79 Å². The summed E-state index contributed by atoms with van der Waals surface area (Å²) >= 11 is 1.55. The van der Waals surface area contributed by atoms with Crippen molar-refractivity contribution in [3.63, 3.8) is 0 Å². The van der Waals surface area contributed by atoms with Crippen molar-refractivity contribution in [1.29, 1.82) is 0 Å². The van der Waals surface area contributed by atoms with E-state index in [9.17, 15) is 19.5 Å². The molecule has 0 saturated heterocycles. The number of hydrogen-bond acceptors (Lipinski definition) is 5. The van der Waals surface area contributed by atoms with Crippen LogP contribution >= 0.6 is 11.8 Å². The van der Waals surface area contributed by atoms with Crippen molar-refractivity contribution in [1.82, 2.24) is 15.1 Å². The Morgan fingerprint density at radius 1 is 1.00 bits per heavy atom. The molecule has 0 heterocycles. The molecule has 2 amide bonds. The lowest BCUT2D eigenvalue weighted by molar-refractivity contribution is -0.139. The molecule has 8 heteroatoms. The Kier molecular flexibility index (Phi) is 14.1. The molecule has 0 bridgehead atoms. The minimum Gasteiger partial charge on any atom is -0.480 e. The average molecular weight is 556 g/mol. The van der Waals surface area contributed by atoms with E-state index in [0.717, 1.165) is 61.0 Å². The molecule has 0 aliphatic rings. The lowest BCUT2D eigenvalue weighted by Gasteiger charge is -2.26. The van der Waals surface area contributed by atoms with Crippen molar-refractivity contribution in [2.45, 2.75) is 65.5 Å². The van der Waals surface area contributed by atoms with Crippen LogP contribution in [-0.4, -0.2) is 77.4 Å². The van der Waals surface area contributed by atoms with Crippen molar-refractivity contribution in [3.05, 3.63) is 59.2 Å². The molecule has 0 fully saturated rings. The molecule has 0 unspecified atom stereocenters. The summed E-state index contributed by atoms with van der Waals surface area (Å²) in [4.78, 5) is 42.1. The number of likely N-dealkylation sites (N-methyl/N-ethyl adjacent to an activating group) is 1. The van der Waals surface area contributed by atoms with Crippen LogP contribution in [0.1, 0.15) is 67.4 Å². The molecular formula is C31H45N3O4S. The van der Waals surface area contributed by atoms with E-state index < -0.39 is 17.9 Å². The second kappa shape index (κ2) is 17.0. The van der Waals surface area contributed by atoms with E-state index in [1.165, 1.54) is 0 Å². The molecule has 0 radical (unpaired) electrons. The maximum Gasteiger partial charge on any atom is 0.326 e. The van der Waals surface area contributed by atoms with Crippen LogP contribution in [0.4, 0.5) is 0 Å². The Balaban J connectivity index is 2.29. The molecule has 2 aromatic rings. The Morgan fingerprint density at radius 2 is 1.67 bits per heavy atom. The van der Waals surface area contributed by atoms with Crippen LogP contribution in [-0.2, 0) is 16.1 Å². The van der Waals surface area contributed by atoms with Crippen LogP contribution in [0.25, 0.3) is 11.1 Å². The summed E-state index contributed by atoms with van der Waals surface area (Å²) < 4.78 is 0.